The molecular weight excluding hydrogens is 398 g/mol. The van der Waals surface area contributed by atoms with E-state index in [1.807, 2.05) is 46.0 Å². The van der Waals surface area contributed by atoms with Crippen LogP contribution >= 0.6 is 0 Å². The second-order valence-corrected chi connectivity index (χ2v) is 14.4. The molecular formula is C22H33N3O4Si. The zero-order valence-electron chi connectivity index (χ0n) is 19.4. The molecule has 0 saturated heterocycles. The number of benzene rings is 1. The summed E-state index contributed by atoms with van der Waals surface area (Å²) in [6.45, 7) is 15.2. The van der Waals surface area contributed by atoms with Crippen LogP contribution in [0.2, 0.25) is 18.1 Å². The lowest BCUT2D eigenvalue weighted by Gasteiger charge is -2.42. The summed E-state index contributed by atoms with van der Waals surface area (Å²) in [5.41, 5.74) is -2.14. The Hall–Kier alpha value is -2.55. The minimum Gasteiger partial charge on any atom is -0.497 e. The summed E-state index contributed by atoms with van der Waals surface area (Å²) >= 11 is 0. The Morgan fingerprint density at radius 3 is 1.90 bits per heavy atom. The van der Waals surface area contributed by atoms with E-state index in [1.54, 1.807) is 52.1 Å². The summed E-state index contributed by atoms with van der Waals surface area (Å²) < 4.78 is 16.9. The summed E-state index contributed by atoms with van der Waals surface area (Å²) in [5.74, 6) is 0.611. The maximum absolute atomic E-state index is 12.6. The van der Waals surface area contributed by atoms with Gasteiger partial charge in [0.15, 0.2) is 8.32 Å². The van der Waals surface area contributed by atoms with Crippen LogP contribution in [0.1, 0.15) is 53.1 Å². The van der Waals surface area contributed by atoms with Crippen molar-refractivity contribution in [2.75, 3.05) is 7.11 Å². The summed E-state index contributed by atoms with van der Waals surface area (Å²) in [4.78, 5) is 12.6. The van der Waals surface area contributed by atoms with E-state index in [2.05, 4.69) is 5.32 Å². The molecule has 8 heteroatoms. The molecule has 0 unspecified atom stereocenters. The molecule has 1 atom stereocenters. The third kappa shape index (κ3) is 6.22. The Morgan fingerprint density at radius 1 is 1.03 bits per heavy atom. The van der Waals surface area contributed by atoms with Gasteiger partial charge in [-0.25, -0.2) is 4.79 Å². The van der Waals surface area contributed by atoms with Gasteiger partial charge in [0.1, 0.15) is 29.5 Å². The Bertz CT molecular complexity index is 810. The zero-order valence-corrected chi connectivity index (χ0v) is 20.4. The average Bonchev–Trinajstić information content (AvgIpc) is 2.62. The second kappa shape index (κ2) is 9.07. The van der Waals surface area contributed by atoms with Crippen LogP contribution in [-0.2, 0) is 9.16 Å². The molecule has 0 saturated carbocycles. The van der Waals surface area contributed by atoms with Crippen molar-refractivity contribution >= 4 is 14.4 Å². The molecule has 0 aliphatic carbocycles. The number of methoxy groups -OCH3 is 1. The third-order valence-electron chi connectivity index (χ3n) is 5.07. The van der Waals surface area contributed by atoms with E-state index in [1.165, 1.54) is 0 Å². The van der Waals surface area contributed by atoms with Gasteiger partial charge in [0, 0.05) is 0 Å². The average molecular weight is 432 g/mol. The molecule has 0 radical (unpaired) electrons. The van der Waals surface area contributed by atoms with Gasteiger partial charge >= 0.3 is 6.09 Å². The van der Waals surface area contributed by atoms with Gasteiger partial charge < -0.3 is 19.2 Å². The molecule has 0 aromatic heterocycles. The smallest absolute Gasteiger partial charge is 0.408 e. The van der Waals surface area contributed by atoms with E-state index in [0.717, 1.165) is 0 Å². The van der Waals surface area contributed by atoms with Crippen LogP contribution in [0, 0.1) is 22.7 Å². The highest BCUT2D eigenvalue weighted by atomic mass is 28.4. The van der Waals surface area contributed by atoms with Crippen molar-refractivity contribution in [1.29, 1.82) is 10.5 Å². The number of carbonyl (C=O) groups is 1. The molecule has 1 rings (SSSR count). The number of nitrogens with zero attached hydrogens (tertiary/aromatic N) is 2. The van der Waals surface area contributed by atoms with Gasteiger partial charge in [-0.1, -0.05) is 32.9 Å². The van der Waals surface area contributed by atoms with Crippen LogP contribution in [0.15, 0.2) is 24.3 Å². The van der Waals surface area contributed by atoms with Gasteiger partial charge in [-0.3, -0.25) is 0 Å². The predicted octanol–water partition coefficient (Wildman–Crippen LogP) is 5.07. The fourth-order valence-electron chi connectivity index (χ4n) is 2.46. The number of hydrogen-bond acceptors (Lipinski definition) is 6. The Labute approximate surface area is 181 Å². The summed E-state index contributed by atoms with van der Waals surface area (Å²) in [6.07, 6.45) is -0.739. The molecule has 0 bridgehead atoms. The van der Waals surface area contributed by atoms with Crippen molar-refractivity contribution < 1.29 is 18.7 Å². The lowest BCUT2D eigenvalue weighted by molar-refractivity contribution is 0.0411. The highest BCUT2D eigenvalue weighted by Crippen LogP contribution is 2.42. The van der Waals surface area contributed by atoms with Gasteiger partial charge in [0.25, 0.3) is 5.60 Å². The van der Waals surface area contributed by atoms with E-state index < -0.39 is 31.7 Å². The number of nitrogens with one attached hydrogen (secondary N) is 1. The molecule has 0 spiro atoms. The monoisotopic (exact) mass is 431 g/mol. The molecule has 1 N–H and O–H groups in total. The standard InChI is InChI=1S/C22H33N3O4Si/c1-20(2,3)28-19(26)25-18(16-10-12-17(27-7)13-11-16)22(14-23,15-24)29-30(8,9)21(4,5)6/h10-13,18H,1-9H3,(H,25,26)/t18-/m1/s1. The summed E-state index contributed by atoms with van der Waals surface area (Å²) in [5, 5.41) is 22.6. The fraction of sp³-hybridized carbons (Fsp3) is 0.591. The lowest BCUT2D eigenvalue weighted by atomic mass is 9.91. The topological polar surface area (TPSA) is 104 Å². The first kappa shape index (κ1) is 25.5. The van der Waals surface area contributed by atoms with Gasteiger partial charge in [0.05, 0.1) is 7.11 Å². The number of hydrogen-bond donors (Lipinski definition) is 1. The highest BCUT2D eigenvalue weighted by Gasteiger charge is 2.51. The fourth-order valence-corrected chi connectivity index (χ4v) is 3.78. The minimum absolute atomic E-state index is 0.248. The maximum Gasteiger partial charge on any atom is 0.408 e. The SMILES string of the molecule is COc1ccc([C@@H](NC(=O)OC(C)(C)C)C(C#N)(C#N)O[Si](C)(C)C(C)(C)C)cc1. The lowest BCUT2D eigenvalue weighted by Crippen LogP contribution is -2.55. The zero-order chi connectivity index (χ0) is 23.4. The van der Waals surface area contributed by atoms with Crippen molar-refractivity contribution in [3.8, 4) is 17.9 Å². The molecule has 30 heavy (non-hydrogen) atoms. The molecule has 1 aromatic carbocycles. The number of amides is 1. The van der Waals surface area contributed by atoms with E-state index in [9.17, 15) is 15.3 Å². The molecule has 1 amide bonds. The van der Waals surface area contributed by atoms with Crippen molar-refractivity contribution in [3.63, 3.8) is 0 Å². The summed E-state index contributed by atoms with van der Waals surface area (Å²) in [7, 11) is -1.01. The normalized spacial score (nSPS) is 13.6. The van der Waals surface area contributed by atoms with Gasteiger partial charge in [-0.05, 0) is 56.6 Å². The van der Waals surface area contributed by atoms with Crippen LogP contribution in [0.25, 0.3) is 0 Å². The van der Waals surface area contributed by atoms with E-state index in [0.29, 0.717) is 11.3 Å². The van der Waals surface area contributed by atoms with Crippen molar-refractivity contribution in [1.82, 2.24) is 5.32 Å². The van der Waals surface area contributed by atoms with Crippen molar-refractivity contribution in [2.45, 2.75) is 76.9 Å². The van der Waals surface area contributed by atoms with Crippen LogP contribution in [0.5, 0.6) is 5.75 Å². The quantitative estimate of drug-likeness (QED) is 0.631. The first-order valence-corrected chi connectivity index (χ1v) is 12.7. The van der Waals surface area contributed by atoms with E-state index >= 15 is 0 Å². The number of carbonyl (C=O) groups excluding carboxylic acids is 1. The van der Waals surface area contributed by atoms with Crippen molar-refractivity contribution in [2.24, 2.45) is 0 Å². The Kier molecular flexibility index (Phi) is 7.71. The van der Waals surface area contributed by atoms with Gasteiger partial charge in [-0.2, -0.15) is 10.5 Å². The summed E-state index contributed by atoms with van der Waals surface area (Å²) in [6, 6.07) is 9.80. The molecule has 164 valence electrons. The van der Waals surface area contributed by atoms with E-state index in [4.69, 9.17) is 13.9 Å². The van der Waals surface area contributed by atoms with Crippen LogP contribution in [-0.4, -0.2) is 32.7 Å². The van der Waals surface area contributed by atoms with Gasteiger partial charge in [0.2, 0.25) is 0 Å². The molecule has 0 aliphatic rings. The number of ether oxygens (including phenoxy) is 2. The largest absolute Gasteiger partial charge is 0.497 e. The van der Waals surface area contributed by atoms with Crippen LogP contribution < -0.4 is 10.1 Å². The Morgan fingerprint density at radius 2 is 1.53 bits per heavy atom. The number of alkyl carbamates (subject to hydrolysis) is 1. The van der Waals surface area contributed by atoms with Crippen LogP contribution in [0.4, 0.5) is 4.79 Å². The molecule has 1 aromatic rings. The van der Waals surface area contributed by atoms with Gasteiger partial charge in [-0.15, -0.1) is 0 Å². The first-order valence-electron chi connectivity index (χ1n) is 9.77. The molecule has 0 fully saturated rings. The van der Waals surface area contributed by atoms with E-state index in [-0.39, 0.29) is 5.04 Å². The molecule has 7 nitrogen and oxygen atoms in total. The number of nitriles is 2. The second-order valence-electron chi connectivity index (χ2n) is 9.67. The first-order chi connectivity index (χ1) is 13.6. The molecule has 0 heterocycles. The van der Waals surface area contributed by atoms with Crippen molar-refractivity contribution in [3.05, 3.63) is 29.8 Å². The Balaban J connectivity index is 3.52. The predicted molar refractivity (Wildman–Crippen MR) is 117 cm³/mol. The number of rotatable bonds is 6. The highest BCUT2D eigenvalue weighted by molar-refractivity contribution is 6.74. The minimum atomic E-state index is -2.56. The van der Waals surface area contributed by atoms with Crippen LogP contribution in [0.3, 0.4) is 0 Å². The third-order valence-corrected chi connectivity index (χ3v) is 9.52. The maximum atomic E-state index is 12.6. The molecule has 0 aliphatic heterocycles.